The largest absolute Gasteiger partial charge is 0.462 e. The fourth-order valence-electron chi connectivity index (χ4n) is 1.99. The second kappa shape index (κ2) is 10.8. The molecule has 1 aromatic rings. The SMILES string of the molecule is CCCC(Sc1cc(NC(=O)C(C)C)c(F)cc1Cl)C(=O)OC(C)CC. The summed E-state index contributed by atoms with van der Waals surface area (Å²) in [6.45, 7) is 9.21. The number of thioether (sulfide) groups is 1. The number of anilines is 1. The molecule has 0 aliphatic carbocycles. The topological polar surface area (TPSA) is 55.4 Å². The third-order valence-corrected chi connectivity index (χ3v) is 5.51. The van der Waals surface area contributed by atoms with Crippen molar-refractivity contribution in [3.8, 4) is 0 Å². The zero-order valence-electron chi connectivity index (χ0n) is 15.9. The van der Waals surface area contributed by atoms with Crippen molar-refractivity contribution in [3.05, 3.63) is 23.0 Å². The minimum Gasteiger partial charge on any atom is -0.462 e. The minimum absolute atomic E-state index is 0.0566. The Morgan fingerprint density at radius 1 is 1.27 bits per heavy atom. The van der Waals surface area contributed by atoms with Crippen LogP contribution in [0.4, 0.5) is 10.1 Å². The van der Waals surface area contributed by atoms with Crippen LogP contribution in [-0.4, -0.2) is 23.2 Å². The molecule has 0 saturated heterocycles. The molecule has 2 atom stereocenters. The fourth-order valence-corrected chi connectivity index (χ4v) is 3.44. The highest BCUT2D eigenvalue weighted by Crippen LogP contribution is 2.36. The van der Waals surface area contributed by atoms with Gasteiger partial charge < -0.3 is 10.1 Å². The third-order valence-electron chi connectivity index (χ3n) is 3.78. The quantitative estimate of drug-likeness (QED) is 0.426. The number of halogens is 2. The van der Waals surface area contributed by atoms with Crippen LogP contribution in [-0.2, 0) is 14.3 Å². The van der Waals surface area contributed by atoms with Crippen LogP contribution in [0.5, 0.6) is 0 Å². The fraction of sp³-hybridized carbons (Fsp3) is 0.579. The number of benzene rings is 1. The van der Waals surface area contributed by atoms with Crippen LogP contribution in [0.3, 0.4) is 0 Å². The maximum Gasteiger partial charge on any atom is 0.319 e. The van der Waals surface area contributed by atoms with E-state index in [1.165, 1.54) is 17.8 Å². The molecule has 26 heavy (non-hydrogen) atoms. The van der Waals surface area contributed by atoms with Crippen LogP contribution in [0.15, 0.2) is 17.0 Å². The molecular formula is C19H27ClFNO3S. The van der Waals surface area contributed by atoms with E-state index in [1.807, 2.05) is 20.8 Å². The van der Waals surface area contributed by atoms with Crippen molar-refractivity contribution in [1.82, 2.24) is 0 Å². The molecule has 1 aromatic carbocycles. The Bertz CT molecular complexity index is 639. The summed E-state index contributed by atoms with van der Waals surface area (Å²) >= 11 is 7.39. The van der Waals surface area contributed by atoms with Gasteiger partial charge in [-0.25, -0.2) is 4.39 Å². The zero-order chi connectivity index (χ0) is 19.9. The Morgan fingerprint density at radius 2 is 1.92 bits per heavy atom. The summed E-state index contributed by atoms with van der Waals surface area (Å²) in [6, 6.07) is 2.63. The van der Waals surface area contributed by atoms with Crippen molar-refractivity contribution >= 4 is 40.9 Å². The Morgan fingerprint density at radius 3 is 2.46 bits per heavy atom. The van der Waals surface area contributed by atoms with E-state index in [4.69, 9.17) is 16.3 Å². The van der Waals surface area contributed by atoms with E-state index in [2.05, 4.69) is 5.32 Å². The van der Waals surface area contributed by atoms with Crippen LogP contribution < -0.4 is 5.32 Å². The van der Waals surface area contributed by atoms with Crippen LogP contribution in [0.1, 0.15) is 53.9 Å². The molecule has 0 spiro atoms. The average Bonchev–Trinajstić information content (AvgIpc) is 2.57. The van der Waals surface area contributed by atoms with Crippen LogP contribution >= 0.6 is 23.4 Å². The van der Waals surface area contributed by atoms with Gasteiger partial charge in [0.2, 0.25) is 5.91 Å². The molecule has 0 aliphatic rings. The standard InChI is InChI=1S/C19H27ClFNO3S/c1-6-8-16(19(24)25-12(5)7-2)26-17-10-15(14(21)9-13(17)20)22-18(23)11(3)4/h9-12,16H,6-8H2,1-5H3,(H,22,23). The highest BCUT2D eigenvalue weighted by Gasteiger charge is 2.24. The lowest BCUT2D eigenvalue weighted by molar-refractivity contribution is -0.147. The van der Waals surface area contributed by atoms with E-state index < -0.39 is 11.1 Å². The molecule has 1 amide bonds. The maximum absolute atomic E-state index is 14.1. The number of rotatable bonds is 9. The number of amides is 1. The number of hydrogen-bond donors (Lipinski definition) is 1. The van der Waals surface area contributed by atoms with Gasteiger partial charge in [0.05, 0.1) is 16.8 Å². The second-order valence-electron chi connectivity index (χ2n) is 6.46. The summed E-state index contributed by atoms with van der Waals surface area (Å²) in [5.41, 5.74) is 0.0566. The first kappa shape index (κ1) is 22.8. The van der Waals surface area contributed by atoms with Gasteiger partial charge in [-0.05, 0) is 31.9 Å². The number of hydrogen-bond acceptors (Lipinski definition) is 4. The van der Waals surface area contributed by atoms with Crippen molar-refractivity contribution in [3.63, 3.8) is 0 Å². The molecule has 0 saturated carbocycles. The monoisotopic (exact) mass is 403 g/mol. The maximum atomic E-state index is 14.1. The van der Waals surface area contributed by atoms with Gasteiger partial charge in [-0.3, -0.25) is 9.59 Å². The molecule has 0 aromatic heterocycles. The van der Waals surface area contributed by atoms with E-state index in [1.54, 1.807) is 13.8 Å². The molecule has 0 bridgehead atoms. The summed E-state index contributed by atoms with van der Waals surface area (Å²) in [6.07, 6.45) is 1.98. The summed E-state index contributed by atoms with van der Waals surface area (Å²) in [4.78, 5) is 24.8. The van der Waals surface area contributed by atoms with Crippen molar-refractivity contribution in [2.24, 2.45) is 5.92 Å². The summed E-state index contributed by atoms with van der Waals surface area (Å²) in [5, 5.41) is 2.31. The lowest BCUT2D eigenvalue weighted by Crippen LogP contribution is -2.24. The first-order valence-electron chi connectivity index (χ1n) is 8.86. The smallest absolute Gasteiger partial charge is 0.319 e. The molecule has 2 unspecified atom stereocenters. The minimum atomic E-state index is -0.609. The molecule has 0 heterocycles. The van der Waals surface area contributed by atoms with E-state index in [0.29, 0.717) is 11.3 Å². The molecule has 4 nitrogen and oxygen atoms in total. The average molecular weight is 404 g/mol. The van der Waals surface area contributed by atoms with Crippen molar-refractivity contribution < 1.29 is 18.7 Å². The zero-order valence-corrected chi connectivity index (χ0v) is 17.5. The van der Waals surface area contributed by atoms with Gasteiger partial charge in [0, 0.05) is 10.8 Å². The molecule has 1 rings (SSSR count). The van der Waals surface area contributed by atoms with Gasteiger partial charge in [-0.15, -0.1) is 11.8 Å². The van der Waals surface area contributed by atoms with E-state index in [-0.39, 0.29) is 34.6 Å². The Balaban J connectivity index is 3.03. The Labute approximate surface area is 164 Å². The highest BCUT2D eigenvalue weighted by molar-refractivity contribution is 8.00. The summed E-state index contributed by atoms with van der Waals surface area (Å²) < 4.78 is 19.5. The summed E-state index contributed by atoms with van der Waals surface area (Å²) in [7, 11) is 0. The van der Waals surface area contributed by atoms with Crippen molar-refractivity contribution in [2.45, 2.75) is 70.1 Å². The second-order valence-corrected chi connectivity index (χ2v) is 8.11. The van der Waals surface area contributed by atoms with E-state index in [0.717, 1.165) is 18.9 Å². The van der Waals surface area contributed by atoms with Gasteiger partial charge in [-0.1, -0.05) is 45.7 Å². The molecule has 7 heteroatoms. The van der Waals surface area contributed by atoms with Crippen LogP contribution in [0.2, 0.25) is 5.02 Å². The predicted octanol–water partition coefficient (Wildman–Crippen LogP) is 5.68. The van der Waals surface area contributed by atoms with Crippen LogP contribution in [0, 0.1) is 11.7 Å². The first-order valence-corrected chi connectivity index (χ1v) is 10.1. The molecule has 0 radical (unpaired) electrons. The third kappa shape index (κ3) is 6.80. The van der Waals surface area contributed by atoms with Gasteiger partial charge in [0.1, 0.15) is 11.1 Å². The number of nitrogens with one attached hydrogen (secondary N) is 1. The van der Waals surface area contributed by atoms with E-state index in [9.17, 15) is 14.0 Å². The van der Waals surface area contributed by atoms with Gasteiger partial charge in [-0.2, -0.15) is 0 Å². The molecular weight excluding hydrogens is 377 g/mol. The number of carbonyl (C=O) groups excluding carboxylic acids is 2. The number of ether oxygens (including phenoxy) is 1. The normalized spacial score (nSPS) is 13.4. The lowest BCUT2D eigenvalue weighted by atomic mass is 10.2. The molecule has 1 N–H and O–H groups in total. The molecule has 146 valence electrons. The van der Waals surface area contributed by atoms with Crippen molar-refractivity contribution in [1.29, 1.82) is 0 Å². The molecule has 0 aliphatic heterocycles. The molecule has 0 fully saturated rings. The summed E-state index contributed by atoms with van der Waals surface area (Å²) in [5.74, 6) is -1.48. The Hall–Kier alpha value is -1.27. The van der Waals surface area contributed by atoms with Gasteiger partial charge in [0.25, 0.3) is 0 Å². The predicted molar refractivity (Wildman–Crippen MR) is 105 cm³/mol. The number of esters is 1. The number of carbonyl (C=O) groups is 2. The van der Waals surface area contributed by atoms with E-state index >= 15 is 0 Å². The lowest BCUT2D eigenvalue weighted by Gasteiger charge is -2.19. The highest BCUT2D eigenvalue weighted by atomic mass is 35.5. The van der Waals surface area contributed by atoms with Crippen LogP contribution in [0.25, 0.3) is 0 Å². The first-order chi connectivity index (χ1) is 12.2. The Kier molecular flexibility index (Phi) is 9.44. The van der Waals surface area contributed by atoms with Gasteiger partial charge >= 0.3 is 5.97 Å². The van der Waals surface area contributed by atoms with Crippen molar-refractivity contribution in [2.75, 3.05) is 5.32 Å². The van der Waals surface area contributed by atoms with Gasteiger partial charge in [0.15, 0.2) is 0 Å².